The van der Waals surface area contributed by atoms with Gasteiger partial charge < -0.3 is 34.8 Å². The van der Waals surface area contributed by atoms with Crippen LogP contribution in [0.2, 0.25) is 0 Å². The van der Waals surface area contributed by atoms with Crippen LogP contribution in [0.4, 0.5) is 0 Å². The van der Waals surface area contributed by atoms with Crippen molar-refractivity contribution >= 4 is 11.7 Å². The third kappa shape index (κ3) is 4.31. The van der Waals surface area contributed by atoms with Crippen LogP contribution in [0.5, 0.6) is 11.5 Å². The Bertz CT molecular complexity index is 664. The van der Waals surface area contributed by atoms with Gasteiger partial charge in [-0.1, -0.05) is 0 Å². The minimum Gasteiger partial charge on any atom is -0.493 e. The second-order valence-electron chi connectivity index (χ2n) is 5.97. The molecule has 1 aliphatic heterocycles. The van der Waals surface area contributed by atoms with Crippen LogP contribution in [0.3, 0.4) is 0 Å². The molecule has 0 saturated carbocycles. The standard InChI is InChI=1S/C17H23NO8/c1-8(20)10-4-5-11(12(6-10)24-3)25-17-14(18-9(2)21)16(23)15(22)13(7-19)26-17/h4-6,13-17,19,22-23H,7H2,1-3H3,(H,18,21)/t13-,14+,15+,16-,17+/m0/s1. The summed E-state index contributed by atoms with van der Waals surface area (Å²) in [5.74, 6) is -0.152. The summed E-state index contributed by atoms with van der Waals surface area (Å²) in [5.41, 5.74) is 0.417. The Morgan fingerprint density at radius 1 is 1.19 bits per heavy atom. The predicted octanol–water partition coefficient (Wildman–Crippen LogP) is -0.780. The summed E-state index contributed by atoms with van der Waals surface area (Å²) < 4.78 is 16.4. The molecule has 4 N–H and O–H groups in total. The number of carbonyl (C=O) groups excluding carboxylic acids is 2. The van der Waals surface area contributed by atoms with E-state index < -0.39 is 43.2 Å². The summed E-state index contributed by atoms with van der Waals surface area (Å²) in [6.07, 6.45) is -5.12. The Labute approximate surface area is 150 Å². The maximum Gasteiger partial charge on any atom is 0.223 e. The highest BCUT2D eigenvalue weighted by Crippen LogP contribution is 2.32. The van der Waals surface area contributed by atoms with E-state index in [1.165, 1.54) is 39.2 Å². The summed E-state index contributed by atoms with van der Waals surface area (Å²) in [7, 11) is 1.40. The number of hydrogen-bond donors (Lipinski definition) is 4. The molecule has 0 bridgehead atoms. The number of hydrogen-bond acceptors (Lipinski definition) is 8. The van der Waals surface area contributed by atoms with Crippen LogP contribution in [0, 0.1) is 0 Å². The van der Waals surface area contributed by atoms with Gasteiger partial charge in [-0.05, 0) is 25.1 Å². The van der Waals surface area contributed by atoms with Crippen LogP contribution in [0.25, 0.3) is 0 Å². The fourth-order valence-corrected chi connectivity index (χ4v) is 2.68. The van der Waals surface area contributed by atoms with Gasteiger partial charge in [0.2, 0.25) is 12.2 Å². The number of rotatable bonds is 6. The van der Waals surface area contributed by atoms with Crippen molar-refractivity contribution in [2.75, 3.05) is 13.7 Å². The topological polar surface area (TPSA) is 135 Å². The first-order valence-corrected chi connectivity index (χ1v) is 8.03. The number of carbonyl (C=O) groups is 2. The molecule has 0 spiro atoms. The van der Waals surface area contributed by atoms with Gasteiger partial charge in [0.05, 0.1) is 13.7 Å². The van der Waals surface area contributed by atoms with Crippen molar-refractivity contribution in [1.29, 1.82) is 0 Å². The summed E-state index contributed by atoms with van der Waals surface area (Å²) >= 11 is 0. The van der Waals surface area contributed by atoms with E-state index >= 15 is 0 Å². The van der Waals surface area contributed by atoms with Gasteiger partial charge in [0.1, 0.15) is 24.4 Å². The summed E-state index contributed by atoms with van der Waals surface area (Å²) in [6, 6.07) is 3.44. The fourth-order valence-electron chi connectivity index (χ4n) is 2.68. The molecule has 0 aromatic heterocycles. The Balaban J connectivity index is 2.31. The van der Waals surface area contributed by atoms with E-state index in [4.69, 9.17) is 14.2 Å². The zero-order valence-electron chi connectivity index (χ0n) is 14.7. The zero-order valence-corrected chi connectivity index (χ0v) is 14.7. The molecule has 0 unspecified atom stereocenters. The van der Waals surface area contributed by atoms with E-state index in [0.717, 1.165) is 0 Å². The van der Waals surface area contributed by atoms with Crippen molar-refractivity contribution in [3.8, 4) is 11.5 Å². The van der Waals surface area contributed by atoms with Crippen LogP contribution in [-0.2, 0) is 9.53 Å². The quantitative estimate of drug-likeness (QED) is 0.480. The van der Waals surface area contributed by atoms with Gasteiger partial charge in [-0.15, -0.1) is 0 Å². The lowest BCUT2D eigenvalue weighted by atomic mass is 9.97. The highest BCUT2D eigenvalue weighted by atomic mass is 16.7. The molecule has 1 saturated heterocycles. The number of aliphatic hydroxyl groups excluding tert-OH is 3. The van der Waals surface area contributed by atoms with Crippen molar-refractivity contribution in [2.24, 2.45) is 0 Å². The van der Waals surface area contributed by atoms with Crippen molar-refractivity contribution in [1.82, 2.24) is 5.32 Å². The molecule has 26 heavy (non-hydrogen) atoms. The first kappa shape index (κ1) is 20.1. The number of methoxy groups -OCH3 is 1. The number of aliphatic hydroxyl groups is 3. The molecule has 2 rings (SSSR count). The number of benzene rings is 1. The molecule has 0 radical (unpaired) electrons. The second-order valence-corrected chi connectivity index (χ2v) is 5.97. The lowest BCUT2D eigenvalue weighted by Crippen LogP contribution is -2.65. The molecule has 9 nitrogen and oxygen atoms in total. The Morgan fingerprint density at radius 2 is 1.88 bits per heavy atom. The van der Waals surface area contributed by atoms with Crippen LogP contribution in [0.15, 0.2) is 18.2 Å². The minimum absolute atomic E-state index is 0.154. The molecule has 0 aliphatic carbocycles. The molecule has 1 fully saturated rings. The number of ketones is 1. The lowest BCUT2D eigenvalue weighted by Gasteiger charge is -2.42. The first-order chi connectivity index (χ1) is 12.3. The summed E-state index contributed by atoms with van der Waals surface area (Å²) in [4.78, 5) is 22.9. The summed E-state index contributed by atoms with van der Waals surface area (Å²) in [5, 5.41) is 32.1. The number of nitrogens with one attached hydrogen (secondary N) is 1. The molecule has 1 aliphatic rings. The van der Waals surface area contributed by atoms with E-state index in [0.29, 0.717) is 5.56 Å². The highest BCUT2D eigenvalue weighted by molar-refractivity contribution is 5.94. The van der Waals surface area contributed by atoms with E-state index in [2.05, 4.69) is 5.32 Å². The van der Waals surface area contributed by atoms with E-state index in [1.807, 2.05) is 0 Å². The van der Waals surface area contributed by atoms with Gasteiger partial charge >= 0.3 is 0 Å². The normalized spacial score (nSPS) is 28.3. The third-order valence-corrected chi connectivity index (χ3v) is 4.06. The maximum absolute atomic E-state index is 11.5. The van der Waals surface area contributed by atoms with Crippen molar-refractivity contribution in [2.45, 2.75) is 44.5 Å². The SMILES string of the molecule is COc1cc(C(C)=O)ccc1O[C@@H]1O[C@@H](CO)[C@@H](O)[C@@H](O)[C@H]1NC(C)=O. The Hall–Kier alpha value is -2.20. The lowest BCUT2D eigenvalue weighted by molar-refractivity contribution is -0.244. The van der Waals surface area contributed by atoms with Crippen LogP contribution < -0.4 is 14.8 Å². The number of ether oxygens (including phenoxy) is 3. The van der Waals surface area contributed by atoms with E-state index in [9.17, 15) is 24.9 Å². The first-order valence-electron chi connectivity index (χ1n) is 8.03. The van der Waals surface area contributed by atoms with E-state index in [-0.39, 0.29) is 17.3 Å². The number of Topliss-reactive ketones (excluding diaryl/α,β-unsaturated/α-hetero) is 1. The van der Waals surface area contributed by atoms with Crippen molar-refractivity contribution in [3.05, 3.63) is 23.8 Å². The molecule has 1 amide bonds. The second kappa shape index (κ2) is 8.45. The fraction of sp³-hybridized carbons (Fsp3) is 0.529. The monoisotopic (exact) mass is 369 g/mol. The molecule has 1 aromatic rings. The van der Waals surface area contributed by atoms with Crippen LogP contribution in [0.1, 0.15) is 24.2 Å². The van der Waals surface area contributed by atoms with Crippen molar-refractivity contribution < 1.29 is 39.1 Å². The molecule has 1 heterocycles. The zero-order chi connectivity index (χ0) is 19.4. The number of amides is 1. The Morgan fingerprint density at radius 3 is 2.42 bits per heavy atom. The van der Waals surface area contributed by atoms with Gasteiger partial charge in [0.25, 0.3) is 0 Å². The molecule has 9 heteroatoms. The average molecular weight is 369 g/mol. The van der Waals surface area contributed by atoms with Gasteiger partial charge in [0.15, 0.2) is 17.3 Å². The molecular weight excluding hydrogens is 346 g/mol. The third-order valence-electron chi connectivity index (χ3n) is 4.06. The maximum atomic E-state index is 11.5. The highest BCUT2D eigenvalue weighted by Gasteiger charge is 2.46. The van der Waals surface area contributed by atoms with Crippen LogP contribution >= 0.6 is 0 Å². The van der Waals surface area contributed by atoms with Gasteiger partial charge in [0, 0.05) is 12.5 Å². The van der Waals surface area contributed by atoms with Crippen molar-refractivity contribution in [3.63, 3.8) is 0 Å². The average Bonchev–Trinajstić information content (AvgIpc) is 2.60. The minimum atomic E-state index is -1.42. The molecule has 144 valence electrons. The smallest absolute Gasteiger partial charge is 0.223 e. The van der Waals surface area contributed by atoms with Gasteiger partial charge in [-0.25, -0.2) is 0 Å². The van der Waals surface area contributed by atoms with Gasteiger partial charge in [-0.2, -0.15) is 0 Å². The molecule has 5 atom stereocenters. The summed E-state index contributed by atoms with van der Waals surface area (Å²) in [6.45, 7) is 2.11. The Kier molecular flexibility index (Phi) is 6.54. The largest absolute Gasteiger partial charge is 0.493 e. The van der Waals surface area contributed by atoms with Crippen LogP contribution in [-0.4, -0.2) is 71.4 Å². The molecule has 1 aromatic carbocycles. The van der Waals surface area contributed by atoms with Gasteiger partial charge in [-0.3, -0.25) is 9.59 Å². The molecular formula is C17H23NO8. The predicted molar refractivity (Wildman–Crippen MR) is 89.0 cm³/mol. The van der Waals surface area contributed by atoms with E-state index in [1.54, 1.807) is 0 Å².